The molecular formula is C24H30. The minimum absolute atomic E-state index is 0.367. The Bertz CT molecular complexity index is 712. The third-order valence-corrected chi connectivity index (χ3v) is 7.39. The summed E-state index contributed by atoms with van der Waals surface area (Å²) >= 11 is 0. The van der Waals surface area contributed by atoms with E-state index in [0.29, 0.717) is 10.8 Å². The van der Waals surface area contributed by atoms with E-state index in [1.807, 2.05) is 0 Å². The molecule has 1 fully saturated rings. The Kier molecular flexibility index (Phi) is 3.82. The van der Waals surface area contributed by atoms with E-state index < -0.39 is 0 Å². The van der Waals surface area contributed by atoms with Gasteiger partial charge in [-0.1, -0.05) is 75.4 Å². The zero-order valence-corrected chi connectivity index (χ0v) is 15.4. The molecule has 0 nitrogen and oxygen atoms in total. The second kappa shape index (κ2) is 5.76. The van der Waals surface area contributed by atoms with Crippen LogP contribution in [0, 0.1) is 17.3 Å². The zero-order chi connectivity index (χ0) is 16.8. The van der Waals surface area contributed by atoms with Crippen molar-refractivity contribution in [1.82, 2.24) is 0 Å². The summed E-state index contributed by atoms with van der Waals surface area (Å²) in [5, 5.41) is 0. The summed E-state index contributed by atoms with van der Waals surface area (Å²) < 4.78 is 0. The van der Waals surface area contributed by atoms with Crippen LogP contribution in [-0.2, 0) is 18.3 Å². The first-order valence-electron chi connectivity index (χ1n) is 9.64. The van der Waals surface area contributed by atoms with Crippen LogP contribution in [0.25, 0.3) is 0 Å². The number of rotatable bonds is 2. The topological polar surface area (TPSA) is 0 Å². The van der Waals surface area contributed by atoms with Crippen molar-refractivity contribution in [2.45, 2.75) is 58.3 Å². The van der Waals surface area contributed by atoms with E-state index in [4.69, 9.17) is 0 Å². The van der Waals surface area contributed by atoms with Gasteiger partial charge in [-0.2, -0.15) is 0 Å². The van der Waals surface area contributed by atoms with Crippen molar-refractivity contribution < 1.29 is 0 Å². The van der Waals surface area contributed by atoms with E-state index in [-0.39, 0.29) is 0 Å². The molecule has 126 valence electrons. The van der Waals surface area contributed by atoms with E-state index in [2.05, 4.69) is 75.4 Å². The SMILES string of the molecule is CC12CC[C@H](Cc3ccccc3)C(C)(C)[C@@H]1CCc1ccccc12. The van der Waals surface area contributed by atoms with Crippen molar-refractivity contribution >= 4 is 0 Å². The quantitative estimate of drug-likeness (QED) is 0.619. The fourth-order valence-corrected chi connectivity index (χ4v) is 6.00. The lowest BCUT2D eigenvalue weighted by Crippen LogP contribution is -2.52. The Hall–Kier alpha value is -1.56. The van der Waals surface area contributed by atoms with Gasteiger partial charge < -0.3 is 0 Å². The Morgan fingerprint density at radius 2 is 1.58 bits per heavy atom. The van der Waals surface area contributed by atoms with Crippen LogP contribution in [0.15, 0.2) is 54.6 Å². The van der Waals surface area contributed by atoms with Crippen LogP contribution in [0.2, 0.25) is 0 Å². The van der Waals surface area contributed by atoms with E-state index in [9.17, 15) is 0 Å². The van der Waals surface area contributed by atoms with Gasteiger partial charge >= 0.3 is 0 Å². The molecule has 3 atom stereocenters. The molecule has 0 heterocycles. The molecule has 0 heteroatoms. The lowest BCUT2D eigenvalue weighted by atomic mass is 9.47. The average Bonchev–Trinajstić information content (AvgIpc) is 2.59. The molecule has 2 aromatic rings. The van der Waals surface area contributed by atoms with Gasteiger partial charge in [-0.15, -0.1) is 0 Å². The van der Waals surface area contributed by atoms with Gasteiger partial charge in [0.2, 0.25) is 0 Å². The summed E-state index contributed by atoms with van der Waals surface area (Å²) in [4.78, 5) is 0. The molecule has 1 unspecified atom stereocenters. The highest BCUT2D eigenvalue weighted by atomic mass is 14.6. The molecule has 0 aliphatic heterocycles. The Morgan fingerprint density at radius 3 is 2.38 bits per heavy atom. The molecule has 2 aliphatic rings. The predicted octanol–water partition coefficient (Wildman–Crippen LogP) is 6.19. The summed E-state index contributed by atoms with van der Waals surface area (Å²) in [5.74, 6) is 1.59. The lowest BCUT2D eigenvalue weighted by Gasteiger charge is -2.57. The molecule has 0 amide bonds. The summed E-state index contributed by atoms with van der Waals surface area (Å²) in [6, 6.07) is 20.3. The van der Waals surface area contributed by atoms with Gasteiger partial charge in [-0.3, -0.25) is 0 Å². The molecule has 0 bridgehead atoms. The van der Waals surface area contributed by atoms with Gasteiger partial charge in [0.25, 0.3) is 0 Å². The third kappa shape index (κ3) is 2.42. The molecule has 0 spiro atoms. The minimum atomic E-state index is 0.367. The lowest BCUT2D eigenvalue weighted by molar-refractivity contribution is -0.0138. The number of hydrogen-bond acceptors (Lipinski definition) is 0. The first-order valence-corrected chi connectivity index (χ1v) is 9.64. The summed E-state index contributed by atoms with van der Waals surface area (Å²) in [6.45, 7) is 7.66. The van der Waals surface area contributed by atoms with Crippen LogP contribution in [-0.4, -0.2) is 0 Å². The molecule has 2 aromatic carbocycles. The Labute approximate surface area is 147 Å². The largest absolute Gasteiger partial charge is 0.0622 e. The Balaban J connectivity index is 1.66. The van der Waals surface area contributed by atoms with Gasteiger partial charge in [0.05, 0.1) is 0 Å². The van der Waals surface area contributed by atoms with Crippen molar-refractivity contribution in [3.05, 3.63) is 71.3 Å². The van der Waals surface area contributed by atoms with Crippen molar-refractivity contribution in [3.63, 3.8) is 0 Å². The van der Waals surface area contributed by atoms with Gasteiger partial charge in [0.15, 0.2) is 0 Å². The van der Waals surface area contributed by atoms with Gasteiger partial charge in [-0.25, -0.2) is 0 Å². The van der Waals surface area contributed by atoms with Crippen LogP contribution in [0.3, 0.4) is 0 Å². The predicted molar refractivity (Wildman–Crippen MR) is 102 cm³/mol. The summed E-state index contributed by atoms with van der Waals surface area (Å²) in [5.41, 5.74) is 5.53. The molecular weight excluding hydrogens is 288 g/mol. The van der Waals surface area contributed by atoms with Crippen molar-refractivity contribution in [2.24, 2.45) is 17.3 Å². The number of fused-ring (bicyclic) bond motifs is 3. The average molecular weight is 319 g/mol. The highest BCUT2D eigenvalue weighted by Crippen LogP contribution is 2.59. The zero-order valence-electron chi connectivity index (χ0n) is 15.4. The molecule has 24 heavy (non-hydrogen) atoms. The first-order chi connectivity index (χ1) is 11.5. The number of aryl methyl sites for hydroxylation is 1. The van der Waals surface area contributed by atoms with Crippen molar-refractivity contribution in [1.29, 1.82) is 0 Å². The summed E-state index contributed by atoms with van der Waals surface area (Å²) in [7, 11) is 0. The standard InChI is InChI=1S/C24H30/c1-23(2)20(17-18-9-5-4-6-10-18)15-16-24(3)21-12-8-7-11-19(21)13-14-22(23)24/h4-12,20,22H,13-17H2,1-3H3/t20-,22+,24?/m1/s1. The first kappa shape index (κ1) is 15.9. The van der Waals surface area contributed by atoms with E-state index in [1.54, 1.807) is 11.1 Å². The molecule has 2 aliphatic carbocycles. The maximum absolute atomic E-state index is 2.55. The monoisotopic (exact) mass is 318 g/mol. The Morgan fingerprint density at radius 1 is 0.875 bits per heavy atom. The fraction of sp³-hybridized carbons (Fsp3) is 0.500. The molecule has 4 rings (SSSR count). The van der Waals surface area contributed by atoms with Crippen LogP contribution in [0.1, 0.15) is 56.7 Å². The van der Waals surface area contributed by atoms with Crippen LogP contribution in [0.4, 0.5) is 0 Å². The molecule has 0 N–H and O–H groups in total. The fourth-order valence-electron chi connectivity index (χ4n) is 6.00. The van der Waals surface area contributed by atoms with Gasteiger partial charge in [0, 0.05) is 0 Å². The normalized spacial score (nSPS) is 31.1. The van der Waals surface area contributed by atoms with Crippen molar-refractivity contribution in [3.8, 4) is 0 Å². The van der Waals surface area contributed by atoms with Gasteiger partial charge in [0.1, 0.15) is 0 Å². The van der Waals surface area contributed by atoms with Crippen molar-refractivity contribution in [2.75, 3.05) is 0 Å². The van der Waals surface area contributed by atoms with E-state index in [1.165, 1.54) is 37.7 Å². The number of benzene rings is 2. The smallest absolute Gasteiger partial charge is 0.00389 e. The minimum Gasteiger partial charge on any atom is -0.0622 e. The molecule has 1 saturated carbocycles. The highest BCUT2D eigenvalue weighted by molar-refractivity contribution is 5.38. The maximum Gasteiger partial charge on any atom is -0.00389 e. The van der Waals surface area contributed by atoms with Gasteiger partial charge in [-0.05, 0) is 71.5 Å². The van der Waals surface area contributed by atoms with Crippen LogP contribution >= 0.6 is 0 Å². The third-order valence-electron chi connectivity index (χ3n) is 7.39. The van der Waals surface area contributed by atoms with E-state index >= 15 is 0 Å². The second-order valence-corrected chi connectivity index (χ2v) is 8.91. The maximum atomic E-state index is 2.55. The molecule has 0 aromatic heterocycles. The number of hydrogen-bond donors (Lipinski definition) is 0. The van der Waals surface area contributed by atoms with Crippen LogP contribution in [0.5, 0.6) is 0 Å². The highest BCUT2D eigenvalue weighted by Gasteiger charge is 2.53. The molecule has 0 radical (unpaired) electrons. The van der Waals surface area contributed by atoms with E-state index in [0.717, 1.165) is 11.8 Å². The second-order valence-electron chi connectivity index (χ2n) is 8.91. The molecule has 0 saturated heterocycles. The van der Waals surface area contributed by atoms with Crippen LogP contribution < -0.4 is 0 Å². The summed E-state index contributed by atoms with van der Waals surface area (Å²) in [6.07, 6.45) is 6.55.